The first-order chi connectivity index (χ1) is 13.4. The van der Waals surface area contributed by atoms with Crippen molar-refractivity contribution in [1.82, 2.24) is 4.90 Å². The molecule has 1 fully saturated rings. The van der Waals surface area contributed by atoms with Crippen LogP contribution in [0.5, 0.6) is 5.75 Å². The van der Waals surface area contributed by atoms with E-state index in [1.807, 2.05) is 24.3 Å². The monoisotopic (exact) mass is 393 g/mol. The average molecular weight is 393 g/mol. The summed E-state index contributed by atoms with van der Waals surface area (Å²) in [6, 6.07) is 11.9. The Morgan fingerprint density at radius 2 is 1.93 bits per heavy atom. The first kappa shape index (κ1) is 20.2. The number of hydrogen-bond donors (Lipinski definition) is 0. The lowest BCUT2D eigenvalue weighted by Gasteiger charge is -2.33. The molecular formula is C21H22F3NO3. The first-order valence-corrected chi connectivity index (χ1v) is 9.08. The molecule has 0 unspecified atom stereocenters. The van der Waals surface area contributed by atoms with Gasteiger partial charge in [0.1, 0.15) is 5.75 Å². The van der Waals surface area contributed by atoms with E-state index in [4.69, 9.17) is 9.47 Å². The van der Waals surface area contributed by atoms with E-state index in [0.29, 0.717) is 19.7 Å². The number of rotatable bonds is 5. The van der Waals surface area contributed by atoms with E-state index in [2.05, 4.69) is 0 Å². The van der Waals surface area contributed by atoms with E-state index < -0.39 is 11.7 Å². The predicted molar refractivity (Wildman–Crippen MR) is 98.2 cm³/mol. The molecule has 2 aromatic carbocycles. The molecule has 1 aliphatic rings. The van der Waals surface area contributed by atoms with E-state index in [1.54, 1.807) is 12.0 Å². The molecule has 0 spiro atoms. The van der Waals surface area contributed by atoms with Crippen LogP contribution in [0.25, 0.3) is 0 Å². The predicted octanol–water partition coefficient (Wildman–Crippen LogP) is 4.54. The Balaban J connectivity index is 1.58. The second-order valence-corrected chi connectivity index (χ2v) is 6.75. The Morgan fingerprint density at radius 1 is 1.18 bits per heavy atom. The highest BCUT2D eigenvalue weighted by atomic mass is 19.4. The Hall–Kier alpha value is -2.54. The van der Waals surface area contributed by atoms with E-state index in [9.17, 15) is 18.0 Å². The number of ether oxygens (including phenoxy) is 2. The van der Waals surface area contributed by atoms with Crippen LogP contribution in [0.4, 0.5) is 13.2 Å². The number of halogens is 3. The van der Waals surface area contributed by atoms with Gasteiger partial charge in [0.15, 0.2) is 0 Å². The SMILES string of the molecule is COc1cccc(CO[C@@H]2CCCN(C(=O)c3ccc(C(F)(F)F)cc3)C2)c1. The van der Waals surface area contributed by atoms with Crippen molar-refractivity contribution in [3.8, 4) is 5.75 Å². The number of benzene rings is 2. The van der Waals surface area contributed by atoms with Gasteiger partial charge in [-0.2, -0.15) is 13.2 Å². The summed E-state index contributed by atoms with van der Waals surface area (Å²) in [6.45, 7) is 1.40. The van der Waals surface area contributed by atoms with Crippen LogP contribution in [0.2, 0.25) is 0 Å². The van der Waals surface area contributed by atoms with Gasteiger partial charge in [0, 0.05) is 18.7 Å². The summed E-state index contributed by atoms with van der Waals surface area (Å²) in [7, 11) is 1.60. The highest BCUT2D eigenvalue weighted by Gasteiger charge is 2.31. The quantitative estimate of drug-likeness (QED) is 0.749. The Labute approximate surface area is 161 Å². The molecule has 0 aliphatic carbocycles. The summed E-state index contributed by atoms with van der Waals surface area (Å²) in [5.41, 5.74) is 0.467. The Morgan fingerprint density at radius 3 is 2.61 bits per heavy atom. The fourth-order valence-electron chi connectivity index (χ4n) is 3.22. The van der Waals surface area contributed by atoms with Crippen molar-refractivity contribution >= 4 is 5.91 Å². The molecule has 2 aromatic rings. The van der Waals surface area contributed by atoms with Crippen LogP contribution in [0.1, 0.15) is 34.3 Å². The third-order valence-electron chi connectivity index (χ3n) is 4.74. The number of hydrogen-bond acceptors (Lipinski definition) is 3. The summed E-state index contributed by atoms with van der Waals surface area (Å²) in [4.78, 5) is 14.3. The zero-order valence-corrected chi connectivity index (χ0v) is 15.5. The van der Waals surface area contributed by atoms with Gasteiger partial charge in [-0.15, -0.1) is 0 Å². The number of carbonyl (C=O) groups is 1. The fourth-order valence-corrected chi connectivity index (χ4v) is 3.22. The fraction of sp³-hybridized carbons (Fsp3) is 0.381. The zero-order chi connectivity index (χ0) is 20.1. The van der Waals surface area contributed by atoms with Crippen LogP contribution in [-0.4, -0.2) is 37.1 Å². The summed E-state index contributed by atoms with van der Waals surface area (Å²) in [6.07, 6.45) is -2.90. The van der Waals surface area contributed by atoms with Gasteiger partial charge in [-0.1, -0.05) is 12.1 Å². The maximum absolute atomic E-state index is 12.7. The number of amides is 1. The molecule has 4 nitrogen and oxygen atoms in total. The maximum Gasteiger partial charge on any atom is 0.416 e. The summed E-state index contributed by atoms with van der Waals surface area (Å²) in [5.74, 6) is 0.479. The summed E-state index contributed by atoms with van der Waals surface area (Å²) in [5, 5.41) is 0. The van der Waals surface area contributed by atoms with Crippen molar-refractivity contribution < 1.29 is 27.4 Å². The van der Waals surface area contributed by atoms with Crippen LogP contribution in [0.15, 0.2) is 48.5 Å². The van der Waals surface area contributed by atoms with Crippen LogP contribution in [0.3, 0.4) is 0 Å². The molecule has 3 rings (SSSR count). The number of nitrogens with zero attached hydrogens (tertiary/aromatic N) is 1. The van der Waals surface area contributed by atoms with Gasteiger partial charge >= 0.3 is 6.18 Å². The van der Waals surface area contributed by atoms with Crippen molar-refractivity contribution in [2.45, 2.75) is 31.7 Å². The minimum Gasteiger partial charge on any atom is -0.497 e. The van der Waals surface area contributed by atoms with E-state index >= 15 is 0 Å². The number of methoxy groups -OCH3 is 1. The molecule has 0 bridgehead atoms. The molecule has 1 saturated heterocycles. The minimum absolute atomic E-state index is 0.113. The van der Waals surface area contributed by atoms with E-state index in [-0.39, 0.29) is 17.6 Å². The van der Waals surface area contributed by atoms with Crippen molar-refractivity contribution in [2.75, 3.05) is 20.2 Å². The standard InChI is InChI=1S/C21H22F3NO3/c1-27-18-5-2-4-15(12-18)14-28-19-6-3-11-25(13-19)20(26)16-7-9-17(10-8-16)21(22,23)24/h2,4-5,7-10,12,19H,3,6,11,13-14H2,1H3/t19-/m1/s1. The molecule has 0 N–H and O–H groups in total. The molecule has 150 valence electrons. The minimum atomic E-state index is -4.41. The van der Waals surface area contributed by atoms with Gasteiger partial charge in [0.2, 0.25) is 0 Å². The van der Waals surface area contributed by atoms with Crippen molar-refractivity contribution in [1.29, 1.82) is 0 Å². The van der Waals surface area contributed by atoms with Gasteiger partial charge in [0.25, 0.3) is 5.91 Å². The second kappa shape index (κ2) is 8.65. The lowest BCUT2D eigenvalue weighted by Crippen LogP contribution is -2.43. The van der Waals surface area contributed by atoms with Crippen LogP contribution in [-0.2, 0) is 17.5 Å². The van der Waals surface area contributed by atoms with E-state index in [0.717, 1.165) is 36.3 Å². The number of likely N-dealkylation sites (tertiary alicyclic amines) is 1. The molecule has 1 aliphatic heterocycles. The van der Waals surface area contributed by atoms with E-state index in [1.165, 1.54) is 12.1 Å². The molecule has 1 amide bonds. The molecule has 28 heavy (non-hydrogen) atoms. The zero-order valence-electron chi connectivity index (χ0n) is 15.5. The average Bonchev–Trinajstić information content (AvgIpc) is 2.71. The smallest absolute Gasteiger partial charge is 0.416 e. The highest BCUT2D eigenvalue weighted by molar-refractivity contribution is 5.94. The molecule has 1 atom stereocenters. The van der Waals surface area contributed by atoms with Crippen molar-refractivity contribution in [3.05, 3.63) is 65.2 Å². The highest BCUT2D eigenvalue weighted by Crippen LogP contribution is 2.29. The lowest BCUT2D eigenvalue weighted by molar-refractivity contribution is -0.137. The van der Waals surface area contributed by atoms with Gasteiger partial charge in [-0.25, -0.2) is 0 Å². The number of alkyl halides is 3. The van der Waals surface area contributed by atoms with Gasteiger partial charge in [0.05, 0.1) is 25.4 Å². The third-order valence-corrected chi connectivity index (χ3v) is 4.74. The second-order valence-electron chi connectivity index (χ2n) is 6.75. The number of carbonyl (C=O) groups excluding carboxylic acids is 1. The Bertz CT molecular complexity index is 805. The van der Waals surface area contributed by atoms with Gasteiger partial charge in [-0.3, -0.25) is 4.79 Å². The summed E-state index contributed by atoms with van der Waals surface area (Å²) >= 11 is 0. The topological polar surface area (TPSA) is 38.8 Å². The van der Waals surface area contributed by atoms with Gasteiger partial charge in [-0.05, 0) is 54.8 Å². The molecule has 0 aromatic heterocycles. The first-order valence-electron chi connectivity index (χ1n) is 9.08. The van der Waals surface area contributed by atoms with Crippen molar-refractivity contribution in [3.63, 3.8) is 0 Å². The van der Waals surface area contributed by atoms with Crippen LogP contribution < -0.4 is 4.74 Å². The number of piperidine rings is 1. The largest absolute Gasteiger partial charge is 0.497 e. The van der Waals surface area contributed by atoms with Crippen LogP contribution >= 0.6 is 0 Å². The third kappa shape index (κ3) is 5.04. The molecule has 0 saturated carbocycles. The maximum atomic E-state index is 12.7. The molecular weight excluding hydrogens is 371 g/mol. The molecule has 7 heteroatoms. The molecule has 1 heterocycles. The summed E-state index contributed by atoms with van der Waals surface area (Å²) < 4.78 is 49.2. The molecule has 0 radical (unpaired) electrons. The normalized spacial score (nSPS) is 17.4. The lowest BCUT2D eigenvalue weighted by atomic mass is 10.1. The van der Waals surface area contributed by atoms with Gasteiger partial charge < -0.3 is 14.4 Å². The van der Waals surface area contributed by atoms with Crippen LogP contribution in [0, 0.1) is 0 Å². The van der Waals surface area contributed by atoms with Crippen molar-refractivity contribution in [2.24, 2.45) is 0 Å². The Kier molecular flexibility index (Phi) is 6.24.